The Morgan fingerprint density at radius 3 is 2.64 bits per heavy atom. The lowest BCUT2D eigenvalue weighted by Crippen LogP contribution is -2.28. The summed E-state index contributed by atoms with van der Waals surface area (Å²) in [4.78, 5) is 11.8. The minimum Gasteiger partial charge on any atom is -0.458 e. The van der Waals surface area contributed by atoms with E-state index in [2.05, 4.69) is 54.4 Å². The van der Waals surface area contributed by atoms with E-state index in [9.17, 15) is 4.79 Å². The standard InChI is InChI=1S/C33H44O3/c1-32(2,3)36-31(34)27-35-26-21-30-20-11-10-19-29(30)18-9-4-5-12-22-33(24-14-25-33)23-13-17-28-15-7-6-8-16-28/h4-9,15-16,18,21,29H,10-12,14,19-20,22-27H2,1-3H3/b5-4+,18-9+,30-21+. The van der Waals surface area contributed by atoms with Gasteiger partial charge in [-0.3, -0.25) is 0 Å². The second kappa shape index (κ2) is 14.2. The van der Waals surface area contributed by atoms with Crippen molar-refractivity contribution in [3.63, 3.8) is 0 Å². The monoisotopic (exact) mass is 488 g/mol. The Morgan fingerprint density at radius 1 is 1.11 bits per heavy atom. The van der Waals surface area contributed by atoms with E-state index in [4.69, 9.17) is 9.47 Å². The molecule has 0 N–H and O–H groups in total. The van der Waals surface area contributed by atoms with Crippen LogP contribution in [0.5, 0.6) is 0 Å². The predicted molar refractivity (Wildman–Crippen MR) is 148 cm³/mol. The average molecular weight is 489 g/mol. The number of carbonyl (C=O) groups is 1. The molecule has 0 spiro atoms. The molecule has 0 aliphatic heterocycles. The van der Waals surface area contributed by atoms with Crippen LogP contribution >= 0.6 is 0 Å². The van der Waals surface area contributed by atoms with Gasteiger partial charge in [0.1, 0.15) is 12.2 Å². The third-order valence-corrected chi connectivity index (χ3v) is 7.13. The Hall–Kier alpha value is -2.57. The summed E-state index contributed by atoms with van der Waals surface area (Å²) in [5, 5.41) is 0. The van der Waals surface area contributed by atoms with Crippen molar-refractivity contribution in [2.75, 3.05) is 13.2 Å². The zero-order valence-electron chi connectivity index (χ0n) is 22.6. The topological polar surface area (TPSA) is 35.5 Å². The molecule has 1 aromatic rings. The number of benzene rings is 1. The highest BCUT2D eigenvalue weighted by molar-refractivity contribution is 5.71. The van der Waals surface area contributed by atoms with E-state index in [0.717, 1.165) is 24.8 Å². The van der Waals surface area contributed by atoms with Gasteiger partial charge < -0.3 is 9.47 Å². The van der Waals surface area contributed by atoms with Crippen LogP contribution in [-0.4, -0.2) is 24.8 Å². The van der Waals surface area contributed by atoms with Crippen molar-refractivity contribution < 1.29 is 14.3 Å². The van der Waals surface area contributed by atoms with E-state index in [-0.39, 0.29) is 12.6 Å². The van der Waals surface area contributed by atoms with Gasteiger partial charge in [0.25, 0.3) is 0 Å². The van der Waals surface area contributed by atoms with E-state index < -0.39 is 5.60 Å². The fourth-order valence-electron chi connectivity index (χ4n) is 5.03. The van der Waals surface area contributed by atoms with Gasteiger partial charge in [-0.25, -0.2) is 4.79 Å². The molecule has 1 atom stereocenters. The summed E-state index contributed by atoms with van der Waals surface area (Å²) in [7, 11) is 0. The smallest absolute Gasteiger partial charge is 0.332 e. The van der Waals surface area contributed by atoms with Gasteiger partial charge in [0.2, 0.25) is 0 Å². The van der Waals surface area contributed by atoms with Gasteiger partial charge in [0.05, 0.1) is 6.61 Å². The quantitative estimate of drug-likeness (QED) is 0.110. The Balaban J connectivity index is 1.40. The van der Waals surface area contributed by atoms with Crippen LogP contribution in [0, 0.1) is 23.2 Å². The molecule has 2 aliphatic carbocycles. The number of hydrogen-bond donors (Lipinski definition) is 0. The summed E-state index contributed by atoms with van der Waals surface area (Å²) in [6.07, 6.45) is 23.4. The first-order chi connectivity index (χ1) is 17.4. The van der Waals surface area contributed by atoms with Crippen LogP contribution in [0.3, 0.4) is 0 Å². The Bertz CT molecular complexity index is 962. The number of ether oxygens (including phenoxy) is 2. The first-order valence-corrected chi connectivity index (χ1v) is 13.7. The minimum atomic E-state index is -0.472. The molecular weight excluding hydrogens is 444 g/mol. The third kappa shape index (κ3) is 10.2. The maximum Gasteiger partial charge on any atom is 0.332 e. The maximum absolute atomic E-state index is 11.8. The van der Waals surface area contributed by atoms with Gasteiger partial charge in [0, 0.05) is 12.0 Å². The Labute approximate surface area is 219 Å². The van der Waals surface area contributed by atoms with E-state index in [0.29, 0.717) is 17.9 Å². The first kappa shape index (κ1) is 28.0. The summed E-state index contributed by atoms with van der Waals surface area (Å²) in [5.41, 5.74) is 2.50. The van der Waals surface area contributed by atoms with Crippen LogP contribution < -0.4 is 0 Å². The van der Waals surface area contributed by atoms with Gasteiger partial charge >= 0.3 is 5.97 Å². The normalized spacial score (nSPS) is 20.8. The lowest BCUT2D eigenvalue weighted by molar-refractivity contribution is -0.159. The fourth-order valence-corrected chi connectivity index (χ4v) is 5.03. The predicted octanol–water partition coefficient (Wildman–Crippen LogP) is 7.97. The number of carbonyl (C=O) groups excluding carboxylic acids is 1. The van der Waals surface area contributed by atoms with Gasteiger partial charge in [-0.1, -0.05) is 78.8 Å². The molecule has 1 unspecified atom stereocenters. The zero-order valence-corrected chi connectivity index (χ0v) is 22.6. The van der Waals surface area contributed by atoms with Crippen LogP contribution in [0.25, 0.3) is 0 Å². The lowest BCUT2D eigenvalue weighted by Gasteiger charge is -2.40. The SMILES string of the molecule is CC(C)(C)OC(=O)COC/C=C1\CCCCC1/C=C/C=C/CCC1(CC#Cc2ccccc2)CCC1. The molecular formula is C33H44O3. The molecule has 0 heterocycles. The van der Waals surface area contributed by atoms with Crippen molar-refractivity contribution in [2.45, 2.75) is 90.6 Å². The summed E-state index contributed by atoms with van der Waals surface area (Å²) >= 11 is 0. The number of allylic oxidation sites excluding steroid dienone is 5. The number of esters is 1. The van der Waals surface area contributed by atoms with Gasteiger partial charge in [-0.2, -0.15) is 0 Å². The molecule has 2 aliphatic rings. The maximum atomic E-state index is 11.8. The molecule has 2 fully saturated rings. The molecule has 3 heteroatoms. The van der Waals surface area contributed by atoms with E-state index in [1.807, 2.05) is 39.0 Å². The molecule has 1 aromatic carbocycles. The van der Waals surface area contributed by atoms with Gasteiger partial charge in [-0.05, 0) is 89.2 Å². The zero-order chi connectivity index (χ0) is 25.7. The van der Waals surface area contributed by atoms with Gasteiger partial charge in [0.15, 0.2) is 0 Å². The van der Waals surface area contributed by atoms with E-state index >= 15 is 0 Å². The van der Waals surface area contributed by atoms with Crippen molar-refractivity contribution >= 4 is 5.97 Å². The highest BCUT2D eigenvalue weighted by Crippen LogP contribution is 2.47. The second-order valence-electron chi connectivity index (χ2n) is 11.3. The summed E-state index contributed by atoms with van der Waals surface area (Å²) in [5.74, 6) is 6.95. The first-order valence-electron chi connectivity index (χ1n) is 13.7. The molecule has 0 aromatic heterocycles. The van der Waals surface area contributed by atoms with Crippen LogP contribution in [0.1, 0.15) is 90.5 Å². The Morgan fingerprint density at radius 2 is 1.92 bits per heavy atom. The Kier molecular flexibility index (Phi) is 11.1. The molecule has 0 bridgehead atoms. The van der Waals surface area contributed by atoms with Crippen molar-refractivity contribution in [3.05, 3.63) is 71.8 Å². The van der Waals surface area contributed by atoms with Crippen molar-refractivity contribution in [1.82, 2.24) is 0 Å². The number of rotatable bonds is 10. The minimum absolute atomic E-state index is 0.00359. The molecule has 36 heavy (non-hydrogen) atoms. The van der Waals surface area contributed by atoms with Crippen LogP contribution in [-0.2, 0) is 14.3 Å². The van der Waals surface area contributed by atoms with Crippen LogP contribution in [0.4, 0.5) is 0 Å². The summed E-state index contributed by atoms with van der Waals surface area (Å²) < 4.78 is 10.8. The second-order valence-corrected chi connectivity index (χ2v) is 11.3. The summed E-state index contributed by atoms with van der Waals surface area (Å²) in [6.45, 7) is 6.07. The average Bonchev–Trinajstić information content (AvgIpc) is 2.82. The highest BCUT2D eigenvalue weighted by Gasteiger charge is 2.35. The molecule has 0 amide bonds. The molecule has 0 saturated heterocycles. The fraction of sp³-hybridized carbons (Fsp3) is 0.545. The van der Waals surface area contributed by atoms with Crippen LogP contribution in [0.15, 0.2) is 66.3 Å². The molecule has 3 nitrogen and oxygen atoms in total. The van der Waals surface area contributed by atoms with Crippen molar-refractivity contribution in [3.8, 4) is 11.8 Å². The highest BCUT2D eigenvalue weighted by atomic mass is 16.6. The molecule has 3 rings (SSSR count). The van der Waals surface area contributed by atoms with E-state index in [1.54, 1.807) is 0 Å². The molecule has 2 saturated carbocycles. The molecule has 194 valence electrons. The van der Waals surface area contributed by atoms with Crippen molar-refractivity contribution in [2.24, 2.45) is 11.3 Å². The van der Waals surface area contributed by atoms with Crippen LogP contribution in [0.2, 0.25) is 0 Å². The number of hydrogen-bond acceptors (Lipinski definition) is 3. The van der Waals surface area contributed by atoms with Gasteiger partial charge in [-0.15, -0.1) is 0 Å². The largest absolute Gasteiger partial charge is 0.458 e. The summed E-state index contributed by atoms with van der Waals surface area (Å²) in [6, 6.07) is 10.3. The van der Waals surface area contributed by atoms with E-state index in [1.165, 1.54) is 50.5 Å². The lowest BCUT2D eigenvalue weighted by atomic mass is 9.64. The van der Waals surface area contributed by atoms with Crippen molar-refractivity contribution in [1.29, 1.82) is 0 Å². The molecule has 0 radical (unpaired) electrons. The third-order valence-electron chi connectivity index (χ3n) is 7.13.